The molecular weight excluding hydrogens is 274 g/mol. The van der Waals surface area contributed by atoms with E-state index in [1.165, 1.54) is 16.8 Å². The van der Waals surface area contributed by atoms with Crippen LogP contribution in [0.15, 0.2) is 30.5 Å². The number of nitrogens with two attached hydrogens (primary N) is 1. The molecule has 0 amide bonds. The van der Waals surface area contributed by atoms with Crippen molar-refractivity contribution in [2.24, 2.45) is 0 Å². The van der Waals surface area contributed by atoms with Gasteiger partial charge < -0.3 is 5.73 Å². The number of nitrogens with zero attached hydrogens (tertiary/aromatic N) is 3. The van der Waals surface area contributed by atoms with Gasteiger partial charge in [0.2, 0.25) is 5.95 Å². The Morgan fingerprint density at radius 3 is 2.68 bits per heavy atom. The smallest absolute Gasteiger partial charge is 0.207 e. The van der Waals surface area contributed by atoms with Crippen molar-refractivity contribution in [2.75, 3.05) is 5.73 Å². The Balaban J connectivity index is 2.29. The largest absolute Gasteiger partial charge is 0.369 e. The van der Waals surface area contributed by atoms with Gasteiger partial charge in [0, 0.05) is 12.3 Å². The van der Waals surface area contributed by atoms with Crippen LogP contribution < -0.4 is 5.73 Å². The lowest BCUT2D eigenvalue weighted by Crippen LogP contribution is -2.02. The lowest BCUT2D eigenvalue weighted by Gasteiger charge is -2.06. The van der Waals surface area contributed by atoms with Crippen molar-refractivity contribution in [3.63, 3.8) is 0 Å². The van der Waals surface area contributed by atoms with Gasteiger partial charge in [-0.2, -0.15) is 0 Å². The number of halogens is 3. The van der Waals surface area contributed by atoms with Gasteiger partial charge in [-0.1, -0.05) is 11.6 Å². The number of rotatable bonds is 1. The molecule has 0 atom stereocenters. The van der Waals surface area contributed by atoms with Crippen LogP contribution in [0.4, 0.5) is 14.7 Å². The number of hydrogen-bond donors (Lipinski definition) is 1. The predicted octanol–water partition coefficient (Wildman–Crippen LogP) is 2.93. The van der Waals surface area contributed by atoms with Gasteiger partial charge >= 0.3 is 0 Å². The summed E-state index contributed by atoms with van der Waals surface area (Å²) in [5, 5.41) is 0.419. The summed E-state index contributed by atoms with van der Waals surface area (Å²) in [5.74, 6) is -1.77. The van der Waals surface area contributed by atoms with Crippen molar-refractivity contribution in [3.05, 3.63) is 47.1 Å². The first-order valence-corrected chi connectivity index (χ1v) is 5.69. The summed E-state index contributed by atoms with van der Waals surface area (Å²) in [7, 11) is 0. The van der Waals surface area contributed by atoms with Gasteiger partial charge in [0.05, 0.1) is 10.7 Å². The van der Waals surface area contributed by atoms with E-state index < -0.39 is 11.6 Å². The highest BCUT2D eigenvalue weighted by Crippen LogP contribution is 2.24. The number of benzene rings is 1. The highest BCUT2D eigenvalue weighted by Gasteiger charge is 2.13. The van der Waals surface area contributed by atoms with E-state index in [1.807, 2.05) is 0 Å². The third kappa shape index (κ3) is 1.90. The zero-order valence-corrected chi connectivity index (χ0v) is 10.2. The molecule has 2 N–H and O–H groups in total. The van der Waals surface area contributed by atoms with Crippen LogP contribution in [0.5, 0.6) is 0 Å². The summed E-state index contributed by atoms with van der Waals surface area (Å²) in [4.78, 5) is 8.18. The first-order valence-electron chi connectivity index (χ1n) is 5.31. The fourth-order valence-electron chi connectivity index (χ4n) is 1.84. The summed E-state index contributed by atoms with van der Waals surface area (Å²) in [6.07, 6.45) is 1.43. The molecule has 7 heteroatoms. The maximum atomic E-state index is 13.3. The van der Waals surface area contributed by atoms with E-state index in [2.05, 4.69) is 9.97 Å². The first-order chi connectivity index (χ1) is 9.06. The number of fused-ring (bicyclic) bond motifs is 1. The predicted molar refractivity (Wildman–Crippen MR) is 68.2 cm³/mol. The van der Waals surface area contributed by atoms with Crippen molar-refractivity contribution in [1.29, 1.82) is 0 Å². The number of pyridine rings is 1. The van der Waals surface area contributed by atoms with Gasteiger partial charge in [0.15, 0.2) is 17.3 Å². The SMILES string of the molecule is Nc1nc2cc(Cl)cnc2n1-c1ccc(F)c(F)c1. The molecule has 0 saturated heterocycles. The minimum atomic E-state index is -0.965. The molecular formula is C12H7ClF2N4. The van der Waals surface area contributed by atoms with Gasteiger partial charge in [0.25, 0.3) is 0 Å². The Bertz CT molecular complexity index is 785. The Morgan fingerprint density at radius 2 is 1.95 bits per heavy atom. The Labute approximate surface area is 111 Å². The molecule has 0 fully saturated rings. The molecule has 0 saturated carbocycles. The molecule has 96 valence electrons. The Morgan fingerprint density at radius 1 is 1.16 bits per heavy atom. The minimum Gasteiger partial charge on any atom is -0.369 e. The second-order valence-corrected chi connectivity index (χ2v) is 4.34. The zero-order chi connectivity index (χ0) is 13.6. The fraction of sp³-hybridized carbons (Fsp3) is 0. The van der Waals surface area contributed by atoms with Crippen LogP contribution in [0.1, 0.15) is 0 Å². The van der Waals surface area contributed by atoms with E-state index >= 15 is 0 Å². The van der Waals surface area contributed by atoms with Crippen LogP contribution in [-0.2, 0) is 0 Å². The van der Waals surface area contributed by atoms with Gasteiger partial charge in [-0.25, -0.2) is 18.7 Å². The molecule has 4 nitrogen and oxygen atoms in total. The molecule has 0 bridgehead atoms. The second-order valence-electron chi connectivity index (χ2n) is 3.90. The molecule has 2 aromatic heterocycles. The summed E-state index contributed by atoms with van der Waals surface area (Å²) < 4.78 is 27.6. The quantitative estimate of drug-likeness (QED) is 0.745. The summed E-state index contributed by atoms with van der Waals surface area (Å²) in [6.45, 7) is 0. The average molecular weight is 281 g/mol. The van der Waals surface area contributed by atoms with Crippen LogP contribution in [-0.4, -0.2) is 14.5 Å². The van der Waals surface area contributed by atoms with Gasteiger partial charge in [-0.05, 0) is 18.2 Å². The van der Waals surface area contributed by atoms with Crippen LogP contribution in [0.25, 0.3) is 16.9 Å². The number of nitrogen functional groups attached to an aromatic ring is 1. The molecule has 1 aromatic carbocycles. The molecule has 3 rings (SSSR count). The Hall–Kier alpha value is -2.21. The highest BCUT2D eigenvalue weighted by atomic mass is 35.5. The van der Waals surface area contributed by atoms with Crippen LogP contribution in [0.3, 0.4) is 0 Å². The molecule has 0 aliphatic rings. The zero-order valence-electron chi connectivity index (χ0n) is 9.44. The molecule has 0 unspecified atom stereocenters. The van der Waals surface area contributed by atoms with Crippen molar-refractivity contribution in [3.8, 4) is 5.69 Å². The van der Waals surface area contributed by atoms with E-state index in [4.69, 9.17) is 17.3 Å². The fourth-order valence-corrected chi connectivity index (χ4v) is 1.99. The molecule has 0 aliphatic carbocycles. The van der Waals surface area contributed by atoms with Crippen LogP contribution in [0.2, 0.25) is 5.02 Å². The van der Waals surface area contributed by atoms with Crippen molar-refractivity contribution >= 4 is 28.7 Å². The van der Waals surface area contributed by atoms with E-state index in [1.54, 1.807) is 6.07 Å². The Kier molecular flexibility index (Phi) is 2.60. The molecule has 0 radical (unpaired) electrons. The molecule has 3 aromatic rings. The summed E-state index contributed by atoms with van der Waals surface area (Å²) in [5.41, 5.74) is 7.02. The molecule has 0 spiro atoms. The lowest BCUT2D eigenvalue weighted by molar-refractivity contribution is 0.508. The second kappa shape index (κ2) is 4.17. The first kappa shape index (κ1) is 11.9. The van der Waals surface area contributed by atoms with Crippen LogP contribution in [0, 0.1) is 11.6 Å². The summed E-state index contributed by atoms with van der Waals surface area (Å²) >= 11 is 5.81. The summed E-state index contributed by atoms with van der Waals surface area (Å²) in [6, 6.07) is 5.04. The third-order valence-electron chi connectivity index (χ3n) is 2.65. The maximum absolute atomic E-state index is 13.3. The van der Waals surface area contributed by atoms with Gasteiger partial charge in [-0.15, -0.1) is 0 Å². The number of imidazole rings is 1. The van der Waals surface area contributed by atoms with Crippen molar-refractivity contribution < 1.29 is 8.78 Å². The van der Waals surface area contributed by atoms with E-state index in [0.29, 0.717) is 21.9 Å². The molecule has 19 heavy (non-hydrogen) atoms. The maximum Gasteiger partial charge on any atom is 0.207 e. The molecule has 0 aliphatic heterocycles. The average Bonchev–Trinajstić information content (AvgIpc) is 2.68. The van der Waals surface area contributed by atoms with E-state index in [-0.39, 0.29) is 5.95 Å². The third-order valence-corrected chi connectivity index (χ3v) is 2.86. The topological polar surface area (TPSA) is 56.7 Å². The monoisotopic (exact) mass is 280 g/mol. The normalized spacial score (nSPS) is 11.1. The standard InChI is InChI=1S/C12H7ClF2N4/c13-6-3-10-11(17-5-6)19(12(16)18-10)7-1-2-8(14)9(15)4-7/h1-5H,(H2,16,18). The number of hydrogen-bond acceptors (Lipinski definition) is 3. The highest BCUT2D eigenvalue weighted by molar-refractivity contribution is 6.31. The number of aromatic nitrogens is 3. The van der Waals surface area contributed by atoms with Gasteiger partial charge in [-0.3, -0.25) is 4.57 Å². The minimum absolute atomic E-state index is 0.121. The molecule has 2 heterocycles. The van der Waals surface area contributed by atoms with Crippen molar-refractivity contribution in [1.82, 2.24) is 14.5 Å². The van der Waals surface area contributed by atoms with Crippen LogP contribution >= 0.6 is 11.6 Å². The van der Waals surface area contributed by atoms with Crippen molar-refractivity contribution in [2.45, 2.75) is 0 Å². The van der Waals surface area contributed by atoms with E-state index in [0.717, 1.165) is 12.1 Å². The van der Waals surface area contributed by atoms with Gasteiger partial charge in [0.1, 0.15) is 5.52 Å². The number of anilines is 1. The lowest BCUT2D eigenvalue weighted by atomic mass is 10.3. The van der Waals surface area contributed by atoms with E-state index in [9.17, 15) is 8.78 Å².